The molecule has 0 saturated heterocycles. The first-order valence-electron chi connectivity index (χ1n) is 4.55. The van der Waals surface area contributed by atoms with E-state index in [2.05, 4.69) is 20.4 Å². The van der Waals surface area contributed by atoms with Gasteiger partial charge in [0.05, 0.1) is 17.6 Å². The van der Waals surface area contributed by atoms with Gasteiger partial charge in [0.1, 0.15) is 0 Å². The van der Waals surface area contributed by atoms with Crippen LogP contribution >= 0.6 is 0 Å². The fourth-order valence-electron chi connectivity index (χ4n) is 1.24. The highest BCUT2D eigenvalue weighted by Gasteiger charge is 2.04. The van der Waals surface area contributed by atoms with Gasteiger partial charge in [-0.15, -0.1) is 0 Å². The summed E-state index contributed by atoms with van der Waals surface area (Å²) in [5.74, 6) is 0.674. The summed E-state index contributed by atoms with van der Waals surface area (Å²) in [6.07, 6.45) is 6.82. The van der Waals surface area contributed by atoms with Crippen molar-refractivity contribution in [2.24, 2.45) is 12.8 Å². The standard InChI is InChI=1S/C9H12N6/c1-15-6-7(5-13-15)14-9-8(4-10)11-2-3-12-9/h2-3,5-6H,4,10H2,1H3,(H,12,14). The third-order valence-electron chi connectivity index (χ3n) is 1.93. The van der Waals surface area contributed by atoms with E-state index < -0.39 is 0 Å². The van der Waals surface area contributed by atoms with Crippen LogP contribution < -0.4 is 11.1 Å². The van der Waals surface area contributed by atoms with Crippen molar-refractivity contribution in [3.8, 4) is 0 Å². The first-order chi connectivity index (χ1) is 7.29. The van der Waals surface area contributed by atoms with Crippen LogP contribution in [0.3, 0.4) is 0 Å². The summed E-state index contributed by atoms with van der Waals surface area (Å²) in [7, 11) is 1.85. The molecule has 0 aliphatic rings. The summed E-state index contributed by atoms with van der Waals surface area (Å²) in [6, 6.07) is 0. The zero-order chi connectivity index (χ0) is 10.7. The number of anilines is 2. The number of hydrogen-bond acceptors (Lipinski definition) is 5. The topological polar surface area (TPSA) is 81.7 Å². The molecule has 78 valence electrons. The zero-order valence-electron chi connectivity index (χ0n) is 8.38. The maximum absolute atomic E-state index is 5.55. The number of nitrogens with one attached hydrogen (secondary N) is 1. The minimum absolute atomic E-state index is 0.358. The molecule has 0 atom stereocenters. The monoisotopic (exact) mass is 204 g/mol. The van der Waals surface area contributed by atoms with Crippen molar-refractivity contribution in [3.63, 3.8) is 0 Å². The van der Waals surface area contributed by atoms with E-state index in [0.717, 1.165) is 11.4 Å². The molecule has 0 fully saturated rings. The second kappa shape index (κ2) is 4.05. The number of nitrogens with two attached hydrogens (primary N) is 1. The number of rotatable bonds is 3. The van der Waals surface area contributed by atoms with Crippen molar-refractivity contribution in [3.05, 3.63) is 30.5 Å². The van der Waals surface area contributed by atoms with Gasteiger partial charge in [-0.2, -0.15) is 5.10 Å². The van der Waals surface area contributed by atoms with Crippen LogP contribution in [0.5, 0.6) is 0 Å². The third kappa shape index (κ3) is 2.10. The van der Waals surface area contributed by atoms with E-state index in [9.17, 15) is 0 Å². The molecular weight excluding hydrogens is 192 g/mol. The summed E-state index contributed by atoms with van der Waals surface area (Å²) in [4.78, 5) is 8.29. The number of nitrogens with zero attached hydrogens (tertiary/aromatic N) is 4. The summed E-state index contributed by atoms with van der Waals surface area (Å²) in [5, 5.41) is 7.15. The van der Waals surface area contributed by atoms with Crippen molar-refractivity contribution in [2.75, 3.05) is 5.32 Å². The van der Waals surface area contributed by atoms with Crippen molar-refractivity contribution in [2.45, 2.75) is 6.54 Å². The van der Waals surface area contributed by atoms with E-state index >= 15 is 0 Å². The second-order valence-corrected chi connectivity index (χ2v) is 3.08. The van der Waals surface area contributed by atoms with Crippen LogP contribution in [0.4, 0.5) is 11.5 Å². The molecule has 6 heteroatoms. The lowest BCUT2D eigenvalue weighted by Crippen LogP contribution is -2.05. The molecular formula is C9H12N6. The Morgan fingerprint density at radius 2 is 2.20 bits per heavy atom. The van der Waals surface area contributed by atoms with Gasteiger partial charge < -0.3 is 11.1 Å². The van der Waals surface area contributed by atoms with Crippen LogP contribution in [-0.4, -0.2) is 19.7 Å². The number of aromatic nitrogens is 4. The first-order valence-corrected chi connectivity index (χ1v) is 4.55. The highest BCUT2D eigenvalue weighted by atomic mass is 15.3. The van der Waals surface area contributed by atoms with Crippen LogP contribution in [0, 0.1) is 0 Å². The summed E-state index contributed by atoms with van der Waals surface area (Å²) >= 11 is 0. The molecule has 0 aliphatic carbocycles. The Morgan fingerprint density at radius 1 is 1.40 bits per heavy atom. The van der Waals surface area contributed by atoms with Gasteiger partial charge >= 0.3 is 0 Å². The molecule has 0 amide bonds. The fraction of sp³-hybridized carbons (Fsp3) is 0.222. The predicted octanol–water partition coefficient (Wildman–Crippen LogP) is 0.412. The van der Waals surface area contributed by atoms with Gasteiger partial charge in [-0.25, -0.2) is 4.98 Å². The lowest BCUT2D eigenvalue weighted by Gasteiger charge is -2.05. The van der Waals surface area contributed by atoms with E-state index in [1.165, 1.54) is 0 Å². The van der Waals surface area contributed by atoms with Gasteiger partial charge in [-0.1, -0.05) is 0 Å². The quantitative estimate of drug-likeness (QED) is 0.756. The Balaban J connectivity index is 2.23. The molecule has 0 unspecified atom stereocenters. The summed E-state index contributed by atoms with van der Waals surface area (Å²) < 4.78 is 1.71. The average Bonchev–Trinajstić information content (AvgIpc) is 2.65. The van der Waals surface area contributed by atoms with Crippen LogP contribution in [0.15, 0.2) is 24.8 Å². The second-order valence-electron chi connectivity index (χ2n) is 3.08. The fourth-order valence-corrected chi connectivity index (χ4v) is 1.24. The van der Waals surface area contributed by atoms with Crippen LogP contribution in [0.2, 0.25) is 0 Å². The Bertz CT molecular complexity index is 449. The molecule has 0 aromatic carbocycles. The first kappa shape index (κ1) is 9.60. The average molecular weight is 204 g/mol. The van der Waals surface area contributed by atoms with Crippen molar-refractivity contribution in [1.82, 2.24) is 19.7 Å². The molecule has 2 rings (SSSR count). The Labute approximate surface area is 87.2 Å². The van der Waals surface area contributed by atoms with Crippen molar-refractivity contribution in [1.29, 1.82) is 0 Å². The van der Waals surface area contributed by atoms with Gasteiger partial charge in [-0.3, -0.25) is 9.67 Å². The van der Waals surface area contributed by atoms with E-state index in [1.807, 2.05) is 13.2 Å². The van der Waals surface area contributed by atoms with Crippen molar-refractivity contribution < 1.29 is 0 Å². The molecule has 2 heterocycles. The molecule has 6 nitrogen and oxygen atoms in total. The Morgan fingerprint density at radius 3 is 2.87 bits per heavy atom. The van der Waals surface area contributed by atoms with Gasteiger partial charge in [0.2, 0.25) is 0 Å². The predicted molar refractivity (Wildman–Crippen MR) is 56.4 cm³/mol. The molecule has 0 bridgehead atoms. The Hall–Kier alpha value is -1.95. The van der Waals surface area contributed by atoms with Crippen LogP contribution in [0.1, 0.15) is 5.69 Å². The number of aryl methyl sites for hydroxylation is 1. The van der Waals surface area contributed by atoms with Crippen LogP contribution in [-0.2, 0) is 13.6 Å². The maximum atomic E-state index is 5.55. The molecule has 0 saturated carbocycles. The van der Waals surface area contributed by atoms with Crippen molar-refractivity contribution >= 4 is 11.5 Å². The number of hydrogen-bond donors (Lipinski definition) is 2. The summed E-state index contributed by atoms with van der Waals surface area (Å²) in [5.41, 5.74) is 7.15. The highest BCUT2D eigenvalue weighted by molar-refractivity contribution is 5.55. The van der Waals surface area contributed by atoms with Gasteiger partial charge in [-0.05, 0) is 0 Å². The maximum Gasteiger partial charge on any atom is 0.153 e. The third-order valence-corrected chi connectivity index (χ3v) is 1.93. The Kier molecular flexibility index (Phi) is 2.59. The zero-order valence-corrected chi connectivity index (χ0v) is 8.38. The minimum Gasteiger partial charge on any atom is -0.336 e. The molecule has 15 heavy (non-hydrogen) atoms. The lowest BCUT2D eigenvalue weighted by molar-refractivity contribution is 0.768. The molecule has 2 aromatic rings. The van der Waals surface area contributed by atoms with E-state index in [1.54, 1.807) is 23.3 Å². The molecule has 3 N–H and O–H groups in total. The molecule has 0 spiro atoms. The lowest BCUT2D eigenvalue weighted by atomic mass is 10.4. The van der Waals surface area contributed by atoms with E-state index in [-0.39, 0.29) is 0 Å². The van der Waals surface area contributed by atoms with Gasteiger partial charge in [0, 0.05) is 32.2 Å². The smallest absolute Gasteiger partial charge is 0.153 e. The molecule has 0 radical (unpaired) electrons. The van der Waals surface area contributed by atoms with Crippen LogP contribution in [0.25, 0.3) is 0 Å². The van der Waals surface area contributed by atoms with Gasteiger partial charge in [0.25, 0.3) is 0 Å². The minimum atomic E-state index is 0.358. The normalized spacial score (nSPS) is 10.3. The summed E-state index contributed by atoms with van der Waals surface area (Å²) in [6.45, 7) is 0.358. The highest BCUT2D eigenvalue weighted by Crippen LogP contribution is 2.14. The SMILES string of the molecule is Cn1cc(Nc2nccnc2CN)cn1. The molecule has 2 aromatic heterocycles. The van der Waals surface area contributed by atoms with E-state index in [4.69, 9.17) is 5.73 Å². The van der Waals surface area contributed by atoms with Gasteiger partial charge in [0.15, 0.2) is 5.82 Å². The van der Waals surface area contributed by atoms with E-state index in [0.29, 0.717) is 12.4 Å². The largest absolute Gasteiger partial charge is 0.336 e. The molecule has 0 aliphatic heterocycles.